The van der Waals surface area contributed by atoms with Crippen LogP contribution in [0.15, 0.2) is 243 Å². The topological polar surface area (TPSA) is 246 Å². The molecule has 19 nitrogen and oxygen atoms in total. The predicted octanol–water partition coefficient (Wildman–Crippen LogP) is 11.1. The van der Waals surface area contributed by atoms with Gasteiger partial charge < -0.3 is 47.4 Å². The summed E-state index contributed by atoms with van der Waals surface area (Å²) < 4.78 is 59.0. The maximum absolute atomic E-state index is 13.4. The first-order valence-corrected chi connectivity index (χ1v) is 30.9. The number of hydrogen-bond acceptors (Lipinski definition) is 21. The third-order valence-corrected chi connectivity index (χ3v) is 15.8. The molecule has 470 valence electrons. The molecule has 2 fully saturated rings. The van der Waals surface area contributed by atoms with Crippen molar-refractivity contribution in [3.8, 4) is 0 Å². The van der Waals surface area contributed by atoms with Gasteiger partial charge in [0.1, 0.15) is 30.9 Å². The van der Waals surface area contributed by atoms with Crippen LogP contribution in [-0.4, -0.2) is 132 Å². The number of rotatable bonds is 22. The molecule has 10 rings (SSSR count). The largest absolute Gasteiger partial charge is 0.458 e. The fourth-order valence-electron chi connectivity index (χ4n) is 9.51. The van der Waals surface area contributed by atoms with Crippen LogP contribution in [0.1, 0.15) is 89.8 Å². The van der Waals surface area contributed by atoms with E-state index in [-0.39, 0.29) is 44.1 Å². The summed E-state index contributed by atoms with van der Waals surface area (Å²) in [5.41, 5.74) is -0.0644. The van der Waals surface area contributed by atoms with E-state index in [2.05, 4.69) is 0 Å². The van der Waals surface area contributed by atoms with Crippen molar-refractivity contribution < 1.29 is 90.5 Å². The van der Waals surface area contributed by atoms with Crippen molar-refractivity contribution in [2.24, 2.45) is 0 Å². The van der Waals surface area contributed by atoms with E-state index in [4.69, 9.17) is 47.4 Å². The van der Waals surface area contributed by atoms with Crippen LogP contribution in [0.2, 0.25) is 0 Å². The van der Waals surface area contributed by atoms with E-state index >= 15 is 0 Å². The molecule has 0 aliphatic carbocycles. The van der Waals surface area contributed by atoms with E-state index in [0.717, 1.165) is 0 Å². The molecule has 8 aromatic rings. The lowest BCUT2D eigenvalue weighted by Crippen LogP contribution is -2.47. The summed E-state index contributed by atoms with van der Waals surface area (Å²) in [6, 6.07) is 65.7. The third kappa shape index (κ3) is 18.0. The summed E-state index contributed by atoms with van der Waals surface area (Å²) >= 11 is 1.94. The first-order valence-electron chi connectivity index (χ1n) is 28.8. The number of carbonyl (C=O) groups is 9. The van der Waals surface area contributed by atoms with E-state index in [9.17, 15) is 43.2 Å². The fraction of sp³-hybridized carbons (Fsp3) is 0.197. The predicted molar refractivity (Wildman–Crippen MR) is 336 cm³/mol. The van der Waals surface area contributed by atoms with Crippen LogP contribution >= 0.6 is 23.5 Å². The SMILES string of the molecule is CC(=O)SC1O[C@@H]([C@@H](COC(=O)c2ccccc2)OC(=O)c2ccccc2)[C@H](OC(=O)c2ccccc2)[C@H]1OC(=O)c1ccccc1.CSC1O[C@@H]([C@@H](COC(=O)c2ccccc2)OC(=O)c2ccccc2)[C@H](OC(=O)c2ccccc2)[C@H]1OC(=O)c1ccccc1. The Morgan fingerprint density at radius 3 is 0.815 bits per heavy atom. The van der Waals surface area contributed by atoms with Gasteiger partial charge in [0.15, 0.2) is 47.2 Å². The molecule has 2 aliphatic rings. The van der Waals surface area contributed by atoms with Crippen molar-refractivity contribution in [1.82, 2.24) is 0 Å². The molecule has 0 N–H and O–H groups in total. The van der Waals surface area contributed by atoms with E-state index < -0.39 is 121 Å². The van der Waals surface area contributed by atoms with Gasteiger partial charge in [-0.2, -0.15) is 0 Å². The number of esters is 8. The second kappa shape index (κ2) is 33.0. The second-order valence-electron chi connectivity index (χ2n) is 20.3. The first kappa shape index (κ1) is 66.2. The molecule has 10 atom stereocenters. The zero-order valence-electron chi connectivity index (χ0n) is 49.4. The molecule has 92 heavy (non-hydrogen) atoms. The lowest BCUT2D eigenvalue weighted by atomic mass is 10.1. The Kier molecular flexibility index (Phi) is 23.8. The van der Waals surface area contributed by atoms with Gasteiger partial charge in [-0.3, -0.25) is 4.79 Å². The molecule has 2 heterocycles. The van der Waals surface area contributed by atoms with Crippen LogP contribution in [0.4, 0.5) is 0 Å². The highest BCUT2D eigenvalue weighted by atomic mass is 32.2. The summed E-state index contributed by atoms with van der Waals surface area (Å²) in [5.74, 6) is -5.74. The summed E-state index contributed by atoms with van der Waals surface area (Å²) in [6.45, 7) is 0.348. The molecular formula is C71H60O19S2. The zero-order chi connectivity index (χ0) is 64.8. The molecule has 8 aromatic carbocycles. The highest BCUT2D eigenvalue weighted by molar-refractivity contribution is 8.14. The Morgan fingerprint density at radius 1 is 0.326 bits per heavy atom. The van der Waals surface area contributed by atoms with Gasteiger partial charge in [0.2, 0.25) is 0 Å². The second-order valence-corrected chi connectivity index (χ2v) is 22.5. The van der Waals surface area contributed by atoms with Crippen LogP contribution in [0, 0.1) is 0 Å². The Morgan fingerprint density at radius 2 is 0.554 bits per heavy atom. The normalized spacial score (nSPS) is 19.4. The first-order chi connectivity index (χ1) is 44.7. The average Bonchev–Trinajstić information content (AvgIpc) is 1.77. The van der Waals surface area contributed by atoms with Gasteiger partial charge in [-0.05, 0) is 103 Å². The molecule has 0 radical (unpaired) electrons. The van der Waals surface area contributed by atoms with Crippen molar-refractivity contribution in [3.05, 3.63) is 287 Å². The Bertz CT molecular complexity index is 3760. The van der Waals surface area contributed by atoms with Gasteiger partial charge in [0, 0.05) is 6.92 Å². The van der Waals surface area contributed by atoms with Gasteiger partial charge >= 0.3 is 47.8 Å². The Hall–Kier alpha value is -10.2. The van der Waals surface area contributed by atoms with Crippen molar-refractivity contribution in [2.75, 3.05) is 19.5 Å². The molecular weight excluding hydrogens is 1220 g/mol. The Labute approximate surface area is 537 Å². The average molecular weight is 1280 g/mol. The quantitative estimate of drug-likeness (QED) is 0.0452. The molecule has 0 saturated carbocycles. The number of carbonyl (C=O) groups excluding carboxylic acids is 9. The third-order valence-electron chi connectivity index (χ3n) is 14.0. The molecule has 21 heteroatoms. The minimum atomic E-state index is -1.41. The molecule has 0 spiro atoms. The molecule has 2 saturated heterocycles. The van der Waals surface area contributed by atoms with E-state index in [1.807, 2.05) is 0 Å². The van der Waals surface area contributed by atoms with E-state index in [1.54, 1.807) is 225 Å². The lowest BCUT2D eigenvalue weighted by Gasteiger charge is -2.28. The maximum Gasteiger partial charge on any atom is 0.338 e. The minimum absolute atomic E-state index is 0.190. The molecule has 2 unspecified atom stereocenters. The van der Waals surface area contributed by atoms with Crippen molar-refractivity contribution >= 4 is 76.4 Å². The van der Waals surface area contributed by atoms with Crippen molar-refractivity contribution in [1.29, 1.82) is 0 Å². The zero-order valence-corrected chi connectivity index (χ0v) is 51.0. The van der Waals surface area contributed by atoms with Gasteiger partial charge in [-0.15, -0.1) is 11.8 Å². The van der Waals surface area contributed by atoms with Crippen LogP contribution < -0.4 is 0 Å². The number of ether oxygens (including phenoxy) is 10. The van der Waals surface area contributed by atoms with Crippen LogP contribution in [-0.2, 0) is 52.2 Å². The van der Waals surface area contributed by atoms with E-state index in [0.29, 0.717) is 17.3 Å². The Balaban J connectivity index is 0.000000218. The molecule has 0 amide bonds. The fourth-order valence-corrected chi connectivity index (χ4v) is 11.1. The smallest absolute Gasteiger partial charge is 0.338 e. The summed E-state index contributed by atoms with van der Waals surface area (Å²) in [5, 5.41) is -0.377. The van der Waals surface area contributed by atoms with E-state index in [1.165, 1.54) is 43.0 Å². The highest BCUT2D eigenvalue weighted by Crippen LogP contribution is 2.39. The standard InChI is InChI=1S/C36H30O10S.C35H30O9S/c1-23(37)47-36-31(45-35(41)27-20-12-5-13-21-27)30(44-34(40)26-18-10-4-11-19-26)29(46-36)28(43-33(39)25-16-8-3-9-17-25)22-42-32(38)24-14-6-2-7-15-24;1-45-35-30(43-34(39)26-20-12-5-13-21-26)29(42-33(38)25-18-10-4-11-19-25)28(44-35)27(41-32(37)24-16-8-3-9-17-24)22-40-31(36)23-14-6-2-7-15-23/h2-21,28-31,36H,22H2,1H3;2-21,27-30,35H,22H2,1H3/t28-,29+,30+,31-,36?;27-,28+,29+,30-,35?/m11/s1. The lowest BCUT2D eigenvalue weighted by molar-refractivity contribution is -0.109. The van der Waals surface area contributed by atoms with Gasteiger partial charge in [0.05, 0.1) is 44.5 Å². The summed E-state index contributed by atoms with van der Waals surface area (Å²) in [4.78, 5) is 118. The summed E-state index contributed by atoms with van der Waals surface area (Å²) in [6.07, 6.45) is -8.50. The highest BCUT2D eigenvalue weighted by Gasteiger charge is 2.56. The minimum Gasteiger partial charge on any atom is -0.458 e. The molecule has 0 aromatic heterocycles. The van der Waals surface area contributed by atoms with Crippen molar-refractivity contribution in [3.63, 3.8) is 0 Å². The van der Waals surface area contributed by atoms with Gasteiger partial charge in [-0.25, -0.2) is 38.4 Å². The number of hydrogen-bond donors (Lipinski definition) is 0. The van der Waals surface area contributed by atoms with Crippen molar-refractivity contribution in [2.45, 2.75) is 66.6 Å². The van der Waals surface area contributed by atoms with Gasteiger partial charge in [0.25, 0.3) is 0 Å². The van der Waals surface area contributed by atoms with Crippen LogP contribution in [0.5, 0.6) is 0 Å². The van der Waals surface area contributed by atoms with Crippen LogP contribution in [0.25, 0.3) is 0 Å². The number of benzene rings is 8. The monoisotopic (exact) mass is 1280 g/mol. The molecule has 0 bridgehead atoms. The van der Waals surface area contributed by atoms with Crippen LogP contribution in [0.3, 0.4) is 0 Å². The van der Waals surface area contributed by atoms with Gasteiger partial charge in [-0.1, -0.05) is 157 Å². The maximum atomic E-state index is 13.4. The number of thioether (sulfide) groups is 2. The molecule has 2 aliphatic heterocycles. The summed E-state index contributed by atoms with van der Waals surface area (Å²) in [7, 11) is 0.